The van der Waals surface area contributed by atoms with Crippen molar-refractivity contribution in [1.82, 2.24) is 10.2 Å². The average molecular weight is 170 g/mol. The minimum Gasteiger partial charge on any atom is -0.478 e. The van der Waals surface area contributed by atoms with Crippen molar-refractivity contribution in [3.05, 3.63) is 5.56 Å². The molecule has 0 atom stereocenters. The van der Waals surface area contributed by atoms with Crippen LogP contribution in [0, 0.1) is 0 Å². The summed E-state index contributed by atoms with van der Waals surface area (Å²) in [6.07, 6.45) is 0. The van der Waals surface area contributed by atoms with Crippen LogP contribution in [-0.2, 0) is 0 Å². The van der Waals surface area contributed by atoms with Gasteiger partial charge in [0.25, 0.3) is 5.91 Å². The van der Waals surface area contributed by atoms with Crippen LogP contribution in [0.15, 0.2) is 0 Å². The van der Waals surface area contributed by atoms with E-state index in [1.807, 2.05) is 0 Å². The number of carbonyl (C=O) groups excluding carboxylic acids is 1. The van der Waals surface area contributed by atoms with Gasteiger partial charge in [-0.1, -0.05) is 0 Å². The highest BCUT2D eigenvalue weighted by molar-refractivity contribution is 5.99. The number of nitrogens with zero attached hydrogens (tertiary/aromatic N) is 1. The first kappa shape index (κ1) is 8.38. The maximum absolute atomic E-state index is 10.8. The van der Waals surface area contributed by atoms with E-state index in [-0.39, 0.29) is 17.3 Å². The van der Waals surface area contributed by atoms with E-state index in [9.17, 15) is 4.79 Å². The molecule has 0 fully saturated rings. The summed E-state index contributed by atoms with van der Waals surface area (Å²) < 4.78 is 5.02. The number of nitrogen functional groups attached to an aromatic ring is 1. The molecule has 1 aromatic heterocycles. The Morgan fingerprint density at radius 3 is 2.92 bits per heavy atom. The van der Waals surface area contributed by atoms with Gasteiger partial charge in [0.2, 0.25) is 5.88 Å². The lowest BCUT2D eigenvalue weighted by Crippen LogP contribution is -2.13. The van der Waals surface area contributed by atoms with Gasteiger partial charge in [-0.05, 0) is 6.92 Å². The molecule has 1 amide bonds. The van der Waals surface area contributed by atoms with E-state index in [2.05, 4.69) is 10.2 Å². The van der Waals surface area contributed by atoms with Gasteiger partial charge in [0.05, 0.1) is 6.61 Å². The van der Waals surface area contributed by atoms with Gasteiger partial charge in [-0.3, -0.25) is 4.79 Å². The largest absolute Gasteiger partial charge is 0.478 e. The fraction of sp³-hybridized carbons (Fsp3) is 0.333. The molecule has 0 aliphatic heterocycles. The van der Waals surface area contributed by atoms with E-state index >= 15 is 0 Å². The van der Waals surface area contributed by atoms with E-state index in [0.29, 0.717) is 6.61 Å². The molecule has 12 heavy (non-hydrogen) atoms. The Kier molecular flexibility index (Phi) is 2.18. The second kappa shape index (κ2) is 3.12. The van der Waals surface area contributed by atoms with Crippen LogP contribution < -0.4 is 16.2 Å². The van der Waals surface area contributed by atoms with Crippen molar-refractivity contribution < 1.29 is 9.53 Å². The van der Waals surface area contributed by atoms with Crippen LogP contribution in [0.3, 0.4) is 0 Å². The number of aromatic nitrogens is 2. The number of H-pyrrole nitrogens is 1. The van der Waals surface area contributed by atoms with Crippen molar-refractivity contribution in [1.29, 1.82) is 0 Å². The van der Waals surface area contributed by atoms with Crippen LogP contribution in [0.4, 0.5) is 5.82 Å². The normalized spacial score (nSPS) is 9.75. The second-order valence-electron chi connectivity index (χ2n) is 2.11. The summed E-state index contributed by atoms with van der Waals surface area (Å²) in [4.78, 5) is 10.8. The summed E-state index contributed by atoms with van der Waals surface area (Å²) in [5, 5.41) is 6.04. The quantitative estimate of drug-likeness (QED) is 0.567. The van der Waals surface area contributed by atoms with Gasteiger partial charge in [0, 0.05) is 0 Å². The van der Waals surface area contributed by atoms with Crippen LogP contribution >= 0.6 is 0 Å². The highest BCUT2D eigenvalue weighted by Crippen LogP contribution is 2.19. The zero-order valence-electron chi connectivity index (χ0n) is 6.63. The first-order chi connectivity index (χ1) is 5.66. The van der Waals surface area contributed by atoms with Gasteiger partial charge in [0.1, 0.15) is 5.56 Å². The van der Waals surface area contributed by atoms with Crippen molar-refractivity contribution in [3.8, 4) is 5.88 Å². The van der Waals surface area contributed by atoms with E-state index in [1.54, 1.807) is 6.92 Å². The third-order valence-corrected chi connectivity index (χ3v) is 1.30. The molecule has 0 aromatic carbocycles. The molecule has 0 saturated carbocycles. The molecule has 1 rings (SSSR count). The number of nitrogens with one attached hydrogen (secondary N) is 1. The molecule has 0 aliphatic rings. The summed E-state index contributed by atoms with van der Waals surface area (Å²) >= 11 is 0. The lowest BCUT2D eigenvalue weighted by Gasteiger charge is -1.99. The number of rotatable bonds is 3. The average Bonchev–Trinajstić information content (AvgIpc) is 2.32. The number of nitrogens with two attached hydrogens (primary N) is 2. The minimum absolute atomic E-state index is 0.0611. The smallest absolute Gasteiger partial charge is 0.258 e. The summed E-state index contributed by atoms with van der Waals surface area (Å²) in [5.74, 6) is -0.363. The Morgan fingerprint density at radius 1 is 1.75 bits per heavy atom. The minimum atomic E-state index is -0.648. The predicted molar refractivity (Wildman–Crippen MR) is 42.7 cm³/mol. The van der Waals surface area contributed by atoms with Crippen molar-refractivity contribution in [2.45, 2.75) is 6.92 Å². The van der Waals surface area contributed by atoms with Gasteiger partial charge in [0.15, 0.2) is 5.82 Å². The summed E-state index contributed by atoms with van der Waals surface area (Å²) in [6, 6.07) is 0. The number of hydrogen-bond donors (Lipinski definition) is 3. The molecule has 1 aromatic rings. The fourth-order valence-electron chi connectivity index (χ4n) is 0.826. The number of carbonyl (C=O) groups is 1. The van der Waals surface area contributed by atoms with E-state index in [4.69, 9.17) is 16.2 Å². The summed E-state index contributed by atoms with van der Waals surface area (Å²) in [7, 11) is 0. The van der Waals surface area contributed by atoms with Crippen LogP contribution in [0.5, 0.6) is 5.88 Å². The van der Waals surface area contributed by atoms with Gasteiger partial charge in [-0.25, -0.2) is 5.10 Å². The molecule has 6 heteroatoms. The molecular weight excluding hydrogens is 160 g/mol. The van der Waals surface area contributed by atoms with E-state index < -0.39 is 5.91 Å². The molecule has 0 spiro atoms. The molecule has 0 saturated heterocycles. The first-order valence-corrected chi connectivity index (χ1v) is 3.43. The maximum Gasteiger partial charge on any atom is 0.258 e. The second-order valence-corrected chi connectivity index (χ2v) is 2.11. The molecule has 5 N–H and O–H groups in total. The monoisotopic (exact) mass is 170 g/mol. The topological polar surface area (TPSA) is 107 Å². The number of anilines is 1. The van der Waals surface area contributed by atoms with Crippen molar-refractivity contribution in [3.63, 3.8) is 0 Å². The zero-order chi connectivity index (χ0) is 9.14. The van der Waals surface area contributed by atoms with Crippen molar-refractivity contribution in [2.75, 3.05) is 12.3 Å². The molecule has 0 radical (unpaired) electrons. The summed E-state index contributed by atoms with van der Waals surface area (Å²) in [5.41, 5.74) is 10.5. The molecule has 6 nitrogen and oxygen atoms in total. The Morgan fingerprint density at radius 2 is 2.42 bits per heavy atom. The molecule has 0 unspecified atom stereocenters. The molecule has 0 bridgehead atoms. The zero-order valence-corrected chi connectivity index (χ0v) is 6.63. The van der Waals surface area contributed by atoms with Crippen molar-refractivity contribution >= 4 is 11.7 Å². The number of aromatic amines is 1. The summed E-state index contributed by atoms with van der Waals surface area (Å²) in [6.45, 7) is 2.20. The Bertz CT molecular complexity index is 294. The van der Waals surface area contributed by atoms with Gasteiger partial charge in [-0.15, -0.1) is 0 Å². The van der Waals surface area contributed by atoms with Gasteiger partial charge in [-0.2, -0.15) is 5.10 Å². The molecule has 0 aliphatic carbocycles. The number of primary amides is 1. The van der Waals surface area contributed by atoms with Crippen LogP contribution in [0.1, 0.15) is 17.3 Å². The lowest BCUT2D eigenvalue weighted by atomic mass is 10.3. The third-order valence-electron chi connectivity index (χ3n) is 1.30. The lowest BCUT2D eigenvalue weighted by molar-refractivity contribution is 0.0997. The SMILES string of the molecule is CCOc1[nH]nc(N)c1C(N)=O. The number of hydrogen-bond acceptors (Lipinski definition) is 4. The third kappa shape index (κ3) is 1.31. The predicted octanol–water partition coefficient (Wildman–Crippen LogP) is -0.510. The Balaban J connectivity index is 3.04. The first-order valence-electron chi connectivity index (χ1n) is 3.43. The standard InChI is InChI=1S/C6H10N4O2/c1-2-12-6-3(5(8)11)4(7)9-10-6/h2H2,1H3,(H2,8,11)(H3,7,9,10). The molecule has 66 valence electrons. The highest BCUT2D eigenvalue weighted by atomic mass is 16.5. The van der Waals surface area contributed by atoms with E-state index in [1.165, 1.54) is 0 Å². The van der Waals surface area contributed by atoms with E-state index in [0.717, 1.165) is 0 Å². The number of amides is 1. The van der Waals surface area contributed by atoms with Crippen molar-refractivity contribution in [2.24, 2.45) is 5.73 Å². The Labute approximate surface area is 68.9 Å². The van der Waals surface area contributed by atoms with Gasteiger partial charge >= 0.3 is 0 Å². The van der Waals surface area contributed by atoms with Gasteiger partial charge < -0.3 is 16.2 Å². The number of ether oxygens (including phenoxy) is 1. The molecular formula is C6H10N4O2. The molecule has 1 heterocycles. The van der Waals surface area contributed by atoms with Crippen LogP contribution in [0.25, 0.3) is 0 Å². The highest BCUT2D eigenvalue weighted by Gasteiger charge is 2.16. The van der Waals surface area contributed by atoms with Crippen LogP contribution in [-0.4, -0.2) is 22.7 Å². The Hall–Kier alpha value is -1.72. The maximum atomic E-state index is 10.8. The van der Waals surface area contributed by atoms with Crippen LogP contribution in [0.2, 0.25) is 0 Å². The fourth-order valence-corrected chi connectivity index (χ4v) is 0.826.